The molecule has 0 unspecified atom stereocenters. The van der Waals surface area contributed by atoms with Crippen LogP contribution in [0.25, 0.3) is 0 Å². The van der Waals surface area contributed by atoms with Crippen LogP contribution >= 0.6 is 0 Å². The number of aliphatic hydroxyl groups is 1. The Morgan fingerprint density at radius 1 is 1.13 bits per heavy atom. The number of carbonyl (C=O) groups excluding carboxylic acids is 3. The Hall–Kier alpha value is -1.89. The topological polar surface area (TPSA) is 95.9 Å². The zero-order chi connectivity index (χ0) is 22.1. The lowest BCUT2D eigenvalue weighted by Crippen LogP contribution is -2.47. The summed E-state index contributed by atoms with van der Waals surface area (Å²) in [5.41, 5.74) is 0. The van der Waals surface area contributed by atoms with Gasteiger partial charge in [0.15, 0.2) is 0 Å². The third kappa shape index (κ3) is 5.42. The summed E-state index contributed by atoms with van der Waals surface area (Å²) >= 11 is 0. The number of fused-ring (bicyclic) bond motifs is 1. The molecule has 170 valence electrons. The normalized spacial score (nSPS) is 27.8. The number of carbonyl (C=O) groups is 3. The quantitative estimate of drug-likeness (QED) is 0.286. The molecular weight excluding hydrogens is 384 g/mol. The van der Waals surface area contributed by atoms with E-state index in [1.54, 1.807) is 11.8 Å². The maximum absolute atomic E-state index is 13.4. The molecule has 1 aliphatic carbocycles. The van der Waals surface area contributed by atoms with Crippen LogP contribution in [0.3, 0.4) is 0 Å². The predicted octanol–water partition coefficient (Wildman–Crippen LogP) is 2.28. The second kappa shape index (κ2) is 12.1. The van der Waals surface area contributed by atoms with Crippen molar-refractivity contribution in [2.45, 2.75) is 65.3 Å². The van der Waals surface area contributed by atoms with E-state index in [2.05, 4.69) is 12.2 Å². The van der Waals surface area contributed by atoms with Gasteiger partial charge in [-0.3, -0.25) is 14.4 Å². The number of ether oxygens (including phenoxy) is 1. The number of likely N-dealkylation sites (tertiary alicyclic amines) is 1. The van der Waals surface area contributed by atoms with Crippen LogP contribution in [0.5, 0.6) is 0 Å². The largest absolute Gasteiger partial charge is 0.466 e. The average molecular weight is 423 g/mol. The molecule has 7 nitrogen and oxygen atoms in total. The van der Waals surface area contributed by atoms with Gasteiger partial charge in [-0.05, 0) is 38.5 Å². The summed E-state index contributed by atoms with van der Waals surface area (Å²) in [6.07, 6.45) is 8.89. The molecule has 5 atom stereocenters. The Kier molecular flexibility index (Phi) is 9.82. The van der Waals surface area contributed by atoms with Gasteiger partial charge in [0.2, 0.25) is 11.8 Å². The van der Waals surface area contributed by atoms with Crippen molar-refractivity contribution >= 4 is 17.8 Å². The van der Waals surface area contributed by atoms with Crippen molar-refractivity contribution in [3.05, 3.63) is 12.2 Å². The molecule has 0 aromatic rings. The summed E-state index contributed by atoms with van der Waals surface area (Å²) < 4.78 is 5.31. The number of nitrogens with one attached hydrogen (secondary N) is 1. The highest BCUT2D eigenvalue weighted by molar-refractivity contribution is 5.96. The van der Waals surface area contributed by atoms with E-state index in [9.17, 15) is 14.4 Å². The van der Waals surface area contributed by atoms with E-state index >= 15 is 0 Å². The maximum atomic E-state index is 13.4. The Bertz CT molecular complexity index is 621. The van der Waals surface area contributed by atoms with E-state index in [1.165, 1.54) is 0 Å². The first-order chi connectivity index (χ1) is 14.5. The third-order valence-electron chi connectivity index (χ3n) is 6.30. The maximum Gasteiger partial charge on any atom is 0.310 e. The van der Waals surface area contributed by atoms with Crippen molar-refractivity contribution in [1.29, 1.82) is 0 Å². The third-order valence-corrected chi connectivity index (χ3v) is 6.30. The first kappa shape index (κ1) is 24.4. The van der Waals surface area contributed by atoms with E-state index in [0.29, 0.717) is 25.9 Å². The SMILES string of the molecule is CCCCCNC(=O)[C@@H]1[C@H]2C=C[C@@H](CC)[C@@H](C(=O)OCC)[C@@H]2C(=O)N1CCCCO. The Morgan fingerprint density at radius 2 is 1.90 bits per heavy atom. The van der Waals surface area contributed by atoms with Crippen LogP contribution in [0, 0.1) is 23.7 Å². The molecule has 30 heavy (non-hydrogen) atoms. The smallest absolute Gasteiger partial charge is 0.310 e. The highest BCUT2D eigenvalue weighted by Crippen LogP contribution is 2.45. The summed E-state index contributed by atoms with van der Waals surface area (Å²) in [5, 5.41) is 12.1. The molecule has 2 N–H and O–H groups in total. The number of aliphatic hydroxyl groups excluding tert-OH is 1. The number of amides is 2. The van der Waals surface area contributed by atoms with Crippen molar-refractivity contribution in [3.63, 3.8) is 0 Å². The second-order valence-corrected chi connectivity index (χ2v) is 8.24. The Balaban J connectivity index is 2.29. The van der Waals surface area contributed by atoms with E-state index in [4.69, 9.17) is 9.84 Å². The molecule has 0 radical (unpaired) electrons. The molecule has 1 heterocycles. The summed E-state index contributed by atoms with van der Waals surface area (Å²) in [6, 6.07) is -0.617. The molecule has 0 aromatic carbocycles. The summed E-state index contributed by atoms with van der Waals surface area (Å²) in [5.74, 6) is -2.19. The highest BCUT2D eigenvalue weighted by atomic mass is 16.5. The molecule has 1 saturated heterocycles. The monoisotopic (exact) mass is 422 g/mol. The summed E-state index contributed by atoms with van der Waals surface area (Å²) in [4.78, 5) is 41.0. The molecule has 0 saturated carbocycles. The van der Waals surface area contributed by atoms with Gasteiger partial charge in [0.1, 0.15) is 6.04 Å². The highest BCUT2D eigenvalue weighted by Gasteiger charge is 2.57. The number of esters is 1. The average Bonchev–Trinajstić information content (AvgIpc) is 3.02. The summed E-state index contributed by atoms with van der Waals surface area (Å²) in [6.45, 7) is 7.17. The zero-order valence-corrected chi connectivity index (χ0v) is 18.6. The molecule has 7 heteroatoms. The van der Waals surface area contributed by atoms with Crippen LogP contribution < -0.4 is 5.32 Å². The van der Waals surface area contributed by atoms with Gasteiger partial charge in [-0.1, -0.05) is 38.8 Å². The van der Waals surface area contributed by atoms with E-state index in [0.717, 1.165) is 25.7 Å². The van der Waals surface area contributed by atoms with Crippen LogP contribution in [0.4, 0.5) is 0 Å². The molecule has 2 amide bonds. The molecule has 0 aromatic heterocycles. The van der Waals surface area contributed by atoms with E-state index < -0.39 is 17.9 Å². The first-order valence-electron chi connectivity index (χ1n) is 11.6. The van der Waals surface area contributed by atoms with Gasteiger partial charge in [-0.15, -0.1) is 0 Å². The molecule has 2 aliphatic rings. The lowest BCUT2D eigenvalue weighted by Gasteiger charge is -2.33. The summed E-state index contributed by atoms with van der Waals surface area (Å²) in [7, 11) is 0. The van der Waals surface area contributed by atoms with Gasteiger partial charge in [0.05, 0.1) is 18.4 Å². The number of hydrogen-bond donors (Lipinski definition) is 2. The zero-order valence-electron chi connectivity index (χ0n) is 18.6. The minimum Gasteiger partial charge on any atom is -0.466 e. The van der Waals surface area contributed by atoms with Crippen molar-refractivity contribution in [1.82, 2.24) is 10.2 Å². The van der Waals surface area contributed by atoms with Crippen molar-refractivity contribution < 1.29 is 24.2 Å². The number of unbranched alkanes of at least 4 members (excludes halogenated alkanes) is 3. The second-order valence-electron chi connectivity index (χ2n) is 8.24. The predicted molar refractivity (Wildman–Crippen MR) is 114 cm³/mol. The fourth-order valence-electron chi connectivity index (χ4n) is 4.77. The lowest BCUT2D eigenvalue weighted by atomic mass is 9.69. The number of rotatable bonds is 12. The number of hydrogen-bond acceptors (Lipinski definition) is 5. The van der Waals surface area contributed by atoms with Crippen molar-refractivity contribution in [2.75, 3.05) is 26.3 Å². The van der Waals surface area contributed by atoms with Crippen LogP contribution in [-0.4, -0.2) is 60.1 Å². The molecule has 0 bridgehead atoms. The van der Waals surface area contributed by atoms with Crippen molar-refractivity contribution in [3.8, 4) is 0 Å². The van der Waals surface area contributed by atoms with Crippen LogP contribution in [-0.2, 0) is 19.1 Å². The minimum absolute atomic E-state index is 0.0476. The van der Waals surface area contributed by atoms with Gasteiger partial charge in [-0.2, -0.15) is 0 Å². The van der Waals surface area contributed by atoms with E-state index in [-0.39, 0.29) is 42.8 Å². The Morgan fingerprint density at radius 3 is 2.53 bits per heavy atom. The van der Waals surface area contributed by atoms with E-state index in [1.807, 2.05) is 19.1 Å². The van der Waals surface area contributed by atoms with Crippen LogP contribution in [0.15, 0.2) is 12.2 Å². The Labute approximate surface area is 180 Å². The van der Waals surface area contributed by atoms with Gasteiger partial charge in [0, 0.05) is 25.6 Å². The van der Waals surface area contributed by atoms with Gasteiger partial charge in [0.25, 0.3) is 0 Å². The number of nitrogens with zero attached hydrogens (tertiary/aromatic N) is 1. The number of allylic oxidation sites excluding steroid dienone is 1. The molecule has 2 rings (SSSR count). The van der Waals surface area contributed by atoms with Crippen molar-refractivity contribution in [2.24, 2.45) is 23.7 Å². The fraction of sp³-hybridized carbons (Fsp3) is 0.783. The minimum atomic E-state index is -0.617. The van der Waals surface area contributed by atoms with Gasteiger partial charge < -0.3 is 20.1 Å². The molecule has 1 fully saturated rings. The van der Waals surface area contributed by atoms with Gasteiger partial charge in [-0.25, -0.2) is 0 Å². The van der Waals surface area contributed by atoms with Crippen LogP contribution in [0.2, 0.25) is 0 Å². The standard InChI is InChI=1S/C23H38N2O5/c1-4-7-8-13-24-21(27)20-17-12-11-16(5-2)18(23(29)30-6-3)19(17)22(28)25(20)14-9-10-15-26/h11-12,16-20,26H,4-10,13-15H2,1-3H3,(H,24,27)/t16-,17+,18-,19-,20+/m1/s1. The lowest BCUT2D eigenvalue weighted by molar-refractivity contribution is -0.155. The first-order valence-corrected chi connectivity index (χ1v) is 11.6. The molecule has 1 aliphatic heterocycles. The van der Waals surface area contributed by atoms with Gasteiger partial charge >= 0.3 is 5.97 Å². The molecular formula is C23H38N2O5. The molecule has 0 spiro atoms. The fourth-order valence-corrected chi connectivity index (χ4v) is 4.77. The van der Waals surface area contributed by atoms with Crippen LogP contribution in [0.1, 0.15) is 59.3 Å².